The van der Waals surface area contributed by atoms with Crippen LogP contribution < -0.4 is 5.32 Å². The highest BCUT2D eigenvalue weighted by atomic mass is 16.2. The molecule has 0 bridgehead atoms. The zero-order valence-electron chi connectivity index (χ0n) is 11.7. The fourth-order valence-electron chi connectivity index (χ4n) is 2.61. The summed E-state index contributed by atoms with van der Waals surface area (Å²) in [6, 6.07) is -0.205. The first kappa shape index (κ1) is 13.5. The Morgan fingerprint density at radius 3 is 2.44 bits per heavy atom. The monoisotopic (exact) mass is 252 g/mol. The van der Waals surface area contributed by atoms with Crippen LogP contribution in [0.1, 0.15) is 52.9 Å². The molecule has 18 heavy (non-hydrogen) atoms. The lowest BCUT2D eigenvalue weighted by Gasteiger charge is -2.24. The Morgan fingerprint density at radius 2 is 1.94 bits per heavy atom. The molecular weight excluding hydrogens is 228 g/mol. The molecule has 0 aromatic heterocycles. The minimum absolute atomic E-state index is 0.00727. The number of imide groups is 1. The van der Waals surface area contributed by atoms with Crippen molar-refractivity contribution < 1.29 is 9.59 Å². The van der Waals surface area contributed by atoms with Crippen LogP contribution in [0.15, 0.2) is 0 Å². The van der Waals surface area contributed by atoms with Gasteiger partial charge < -0.3 is 5.32 Å². The normalized spacial score (nSPS) is 26.2. The van der Waals surface area contributed by atoms with Crippen LogP contribution >= 0.6 is 0 Å². The van der Waals surface area contributed by atoms with Gasteiger partial charge in [-0.15, -0.1) is 0 Å². The SMILES string of the molecule is CCC(CC)N1C(=O)CC(NCC2(C)CC2)C1=O. The van der Waals surface area contributed by atoms with Gasteiger partial charge in [0.2, 0.25) is 11.8 Å². The van der Waals surface area contributed by atoms with Crippen molar-refractivity contribution >= 4 is 11.8 Å². The van der Waals surface area contributed by atoms with Crippen LogP contribution in [0.2, 0.25) is 0 Å². The van der Waals surface area contributed by atoms with E-state index in [1.165, 1.54) is 17.7 Å². The van der Waals surface area contributed by atoms with Crippen molar-refractivity contribution in [1.29, 1.82) is 0 Å². The van der Waals surface area contributed by atoms with E-state index in [4.69, 9.17) is 0 Å². The molecule has 4 heteroatoms. The molecule has 0 aromatic rings. The molecule has 1 aliphatic carbocycles. The topological polar surface area (TPSA) is 49.4 Å². The molecule has 2 rings (SSSR count). The van der Waals surface area contributed by atoms with Crippen LogP contribution in [0.5, 0.6) is 0 Å². The van der Waals surface area contributed by atoms with Crippen LogP contribution in [0, 0.1) is 5.41 Å². The highest BCUT2D eigenvalue weighted by Crippen LogP contribution is 2.44. The van der Waals surface area contributed by atoms with Crippen molar-refractivity contribution in [3.8, 4) is 0 Å². The fraction of sp³-hybridized carbons (Fsp3) is 0.857. The Morgan fingerprint density at radius 1 is 1.33 bits per heavy atom. The van der Waals surface area contributed by atoms with Crippen molar-refractivity contribution in [1.82, 2.24) is 10.2 Å². The molecule has 0 spiro atoms. The first-order valence-electron chi connectivity index (χ1n) is 7.10. The number of rotatable bonds is 6. The van der Waals surface area contributed by atoms with Gasteiger partial charge >= 0.3 is 0 Å². The van der Waals surface area contributed by atoms with E-state index in [1.54, 1.807) is 0 Å². The highest BCUT2D eigenvalue weighted by Gasteiger charge is 2.43. The maximum Gasteiger partial charge on any atom is 0.247 e. The minimum atomic E-state index is -0.282. The summed E-state index contributed by atoms with van der Waals surface area (Å²) in [7, 11) is 0. The van der Waals surface area contributed by atoms with Crippen molar-refractivity contribution in [3.05, 3.63) is 0 Å². The quantitative estimate of drug-likeness (QED) is 0.732. The largest absolute Gasteiger partial charge is 0.305 e. The van der Waals surface area contributed by atoms with E-state index in [0.717, 1.165) is 19.4 Å². The number of amides is 2. The van der Waals surface area contributed by atoms with E-state index in [-0.39, 0.29) is 23.9 Å². The summed E-state index contributed by atoms with van der Waals surface area (Å²) < 4.78 is 0. The molecule has 102 valence electrons. The maximum atomic E-state index is 12.3. The molecular formula is C14H24N2O2. The Balaban J connectivity index is 1.95. The van der Waals surface area contributed by atoms with Gasteiger partial charge in [-0.05, 0) is 31.1 Å². The zero-order chi connectivity index (χ0) is 13.3. The summed E-state index contributed by atoms with van der Waals surface area (Å²) >= 11 is 0. The van der Waals surface area contributed by atoms with Gasteiger partial charge in [0.25, 0.3) is 0 Å². The Hall–Kier alpha value is -0.900. The molecule has 1 saturated heterocycles. The molecule has 0 radical (unpaired) electrons. The second kappa shape index (κ2) is 5.00. The van der Waals surface area contributed by atoms with Crippen LogP contribution in [-0.2, 0) is 9.59 Å². The Labute approximate surface area is 109 Å². The molecule has 1 atom stereocenters. The van der Waals surface area contributed by atoms with Crippen molar-refractivity contribution in [2.75, 3.05) is 6.54 Å². The second-order valence-electron chi connectivity index (χ2n) is 6.02. The lowest BCUT2D eigenvalue weighted by molar-refractivity contribution is -0.141. The lowest BCUT2D eigenvalue weighted by Crippen LogP contribution is -2.44. The Kier molecular flexibility index (Phi) is 3.76. The summed E-state index contributed by atoms with van der Waals surface area (Å²) in [4.78, 5) is 25.7. The van der Waals surface area contributed by atoms with E-state index in [9.17, 15) is 9.59 Å². The summed E-state index contributed by atoms with van der Waals surface area (Å²) in [5, 5.41) is 3.29. The third-order valence-electron chi connectivity index (χ3n) is 4.37. The van der Waals surface area contributed by atoms with Gasteiger partial charge in [0.1, 0.15) is 0 Å². The molecule has 1 saturated carbocycles. The summed E-state index contributed by atoms with van der Waals surface area (Å²) in [5.41, 5.74) is 0.367. The van der Waals surface area contributed by atoms with Crippen LogP contribution in [0.25, 0.3) is 0 Å². The van der Waals surface area contributed by atoms with Gasteiger partial charge in [0.15, 0.2) is 0 Å². The van der Waals surface area contributed by atoms with Crippen molar-refractivity contribution in [2.24, 2.45) is 5.41 Å². The van der Waals surface area contributed by atoms with E-state index in [2.05, 4.69) is 12.2 Å². The van der Waals surface area contributed by atoms with Gasteiger partial charge in [-0.1, -0.05) is 20.8 Å². The molecule has 1 unspecified atom stereocenters. The first-order valence-corrected chi connectivity index (χ1v) is 7.10. The average Bonchev–Trinajstić information content (AvgIpc) is 3.01. The number of hydrogen-bond donors (Lipinski definition) is 1. The van der Waals surface area contributed by atoms with Gasteiger partial charge in [0, 0.05) is 12.6 Å². The number of likely N-dealkylation sites (tertiary alicyclic amines) is 1. The molecule has 2 amide bonds. The molecule has 0 aromatic carbocycles. The van der Waals surface area contributed by atoms with Gasteiger partial charge in [-0.25, -0.2) is 0 Å². The van der Waals surface area contributed by atoms with E-state index in [1.807, 2.05) is 13.8 Å². The Bertz CT molecular complexity index is 346. The van der Waals surface area contributed by atoms with Crippen LogP contribution in [-0.4, -0.2) is 35.3 Å². The van der Waals surface area contributed by atoms with E-state index in [0.29, 0.717) is 11.8 Å². The number of carbonyl (C=O) groups excluding carboxylic acids is 2. The second-order valence-corrected chi connectivity index (χ2v) is 6.02. The average molecular weight is 252 g/mol. The van der Waals surface area contributed by atoms with Crippen LogP contribution in [0.3, 0.4) is 0 Å². The van der Waals surface area contributed by atoms with E-state index < -0.39 is 0 Å². The fourth-order valence-corrected chi connectivity index (χ4v) is 2.61. The molecule has 2 aliphatic rings. The summed E-state index contributed by atoms with van der Waals surface area (Å²) in [6.45, 7) is 7.13. The third kappa shape index (κ3) is 2.58. The standard InChI is InChI=1S/C14H24N2O2/c1-4-10(5-2)16-12(17)8-11(13(16)18)15-9-14(3)6-7-14/h10-11,15H,4-9H2,1-3H3. The van der Waals surface area contributed by atoms with Gasteiger partial charge in [0.05, 0.1) is 12.5 Å². The molecule has 4 nitrogen and oxygen atoms in total. The number of nitrogens with zero attached hydrogens (tertiary/aromatic N) is 1. The highest BCUT2D eigenvalue weighted by molar-refractivity contribution is 6.05. The molecule has 2 fully saturated rings. The summed E-state index contributed by atoms with van der Waals surface area (Å²) in [6.07, 6.45) is 4.48. The van der Waals surface area contributed by atoms with Crippen molar-refractivity contribution in [3.63, 3.8) is 0 Å². The van der Waals surface area contributed by atoms with Crippen LogP contribution in [0.4, 0.5) is 0 Å². The van der Waals surface area contributed by atoms with E-state index >= 15 is 0 Å². The minimum Gasteiger partial charge on any atom is -0.305 e. The predicted molar refractivity (Wildman–Crippen MR) is 70.0 cm³/mol. The third-order valence-corrected chi connectivity index (χ3v) is 4.37. The number of carbonyl (C=O) groups is 2. The summed E-state index contributed by atoms with van der Waals surface area (Å²) in [5.74, 6) is -0.0231. The zero-order valence-corrected chi connectivity index (χ0v) is 11.7. The molecule has 1 N–H and O–H groups in total. The maximum absolute atomic E-state index is 12.3. The lowest BCUT2D eigenvalue weighted by atomic mass is 10.1. The smallest absolute Gasteiger partial charge is 0.247 e. The van der Waals surface area contributed by atoms with Crippen molar-refractivity contribution in [2.45, 2.75) is 65.0 Å². The number of nitrogens with one attached hydrogen (secondary N) is 1. The molecule has 1 heterocycles. The predicted octanol–water partition coefficient (Wildman–Crippen LogP) is 1.69. The number of hydrogen-bond acceptors (Lipinski definition) is 3. The first-order chi connectivity index (χ1) is 8.50. The molecule has 1 aliphatic heterocycles. The van der Waals surface area contributed by atoms with Gasteiger partial charge in [-0.3, -0.25) is 14.5 Å². The van der Waals surface area contributed by atoms with Gasteiger partial charge in [-0.2, -0.15) is 0 Å².